The monoisotopic (exact) mass is 503 g/mol. The minimum atomic E-state index is -0.416. The van der Waals surface area contributed by atoms with E-state index in [-0.39, 0.29) is 46.9 Å². The molecule has 5 rings (SSSR count). The molecule has 0 spiro atoms. The van der Waals surface area contributed by atoms with Gasteiger partial charge in [0.1, 0.15) is 17.3 Å². The van der Waals surface area contributed by atoms with Crippen LogP contribution in [0.3, 0.4) is 0 Å². The zero-order chi connectivity index (χ0) is 26.1. The summed E-state index contributed by atoms with van der Waals surface area (Å²) in [5, 5.41) is 34.6. The van der Waals surface area contributed by atoms with E-state index in [4.69, 9.17) is 0 Å². The Morgan fingerprint density at radius 1 is 1.14 bits per heavy atom. The van der Waals surface area contributed by atoms with Crippen LogP contribution in [0.15, 0.2) is 42.5 Å². The number of hydrogen-bond donors (Lipinski definition) is 4. The second-order valence-corrected chi connectivity index (χ2v) is 10.1. The Morgan fingerprint density at radius 2 is 1.92 bits per heavy atom. The first-order valence-corrected chi connectivity index (χ1v) is 12.8. The Balaban J connectivity index is 1.77. The van der Waals surface area contributed by atoms with Gasteiger partial charge in [-0.1, -0.05) is 24.3 Å². The van der Waals surface area contributed by atoms with Crippen LogP contribution in [0.5, 0.6) is 11.5 Å². The first-order chi connectivity index (χ1) is 17.9. The Bertz CT molecular complexity index is 1310. The van der Waals surface area contributed by atoms with Crippen molar-refractivity contribution >= 4 is 5.78 Å². The van der Waals surface area contributed by atoms with E-state index in [1.165, 1.54) is 18.2 Å². The number of phenols is 2. The molecule has 2 saturated heterocycles. The lowest BCUT2D eigenvalue weighted by atomic mass is 9.77. The third kappa shape index (κ3) is 4.87. The maximum atomic E-state index is 14.8. The van der Waals surface area contributed by atoms with E-state index in [0.29, 0.717) is 54.0 Å². The summed E-state index contributed by atoms with van der Waals surface area (Å²) in [6.07, 6.45) is 1.83. The summed E-state index contributed by atoms with van der Waals surface area (Å²) in [5.41, 5.74) is 3.05. The number of ketones is 1. The van der Waals surface area contributed by atoms with Crippen LogP contribution in [0, 0.1) is 18.8 Å². The summed E-state index contributed by atoms with van der Waals surface area (Å²) >= 11 is 0. The number of carbonyl (C=O) groups excluding carboxylic acids is 1. The van der Waals surface area contributed by atoms with Crippen molar-refractivity contribution in [3.8, 4) is 22.6 Å². The third-order valence-corrected chi connectivity index (χ3v) is 7.64. The molecule has 37 heavy (non-hydrogen) atoms. The van der Waals surface area contributed by atoms with Crippen LogP contribution in [0.4, 0.5) is 4.39 Å². The number of aromatic hydroxyl groups is 2. The highest BCUT2D eigenvalue weighted by molar-refractivity contribution is 6.15. The van der Waals surface area contributed by atoms with E-state index in [1.807, 2.05) is 0 Å². The fourth-order valence-electron chi connectivity index (χ4n) is 5.60. The van der Waals surface area contributed by atoms with Crippen LogP contribution in [0.1, 0.15) is 57.3 Å². The van der Waals surface area contributed by atoms with Gasteiger partial charge in [0, 0.05) is 60.3 Å². The zero-order valence-corrected chi connectivity index (χ0v) is 20.9. The highest BCUT2D eigenvalue weighted by Gasteiger charge is 2.36. The number of halogens is 1. The molecule has 0 aliphatic carbocycles. The van der Waals surface area contributed by atoms with Crippen LogP contribution in [-0.2, 0) is 0 Å². The van der Waals surface area contributed by atoms with Crippen molar-refractivity contribution in [3.63, 3.8) is 0 Å². The second kappa shape index (κ2) is 10.6. The van der Waals surface area contributed by atoms with Gasteiger partial charge < -0.3 is 20.6 Å². The van der Waals surface area contributed by atoms with Crippen LogP contribution >= 0.6 is 0 Å². The molecule has 1 atom stereocenters. The Labute approximate surface area is 216 Å². The zero-order valence-electron chi connectivity index (χ0n) is 20.9. The van der Waals surface area contributed by atoms with Gasteiger partial charge in [-0.2, -0.15) is 0 Å². The molecule has 2 aliphatic heterocycles. The van der Waals surface area contributed by atoms with Crippen molar-refractivity contribution in [1.82, 2.24) is 10.2 Å². The molecule has 2 fully saturated rings. The number of aliphatic hydroxyl groups excluding tert-OH is 1. The molecule has 0 amide bonds. The van der Waals surface area contributed by atoms with Crippen molar-refractivity contribution in [2.75, 3.05) is 39.3 Å². The van der Waals surface area contributed by atoms with Gasteiger partial charge in [0.25, 0.3) is 0 Å². The Morgan fingerprint density at radius 3 is 2.62 bits per heavy atom. The maximum Gasteiger partial charge on any atom is 0.194 e. The third-order valence-electron chi connectivity index (χ3n) is 7.64. The second-order valence-electron chi connectivity index (χ2n) is 10.1. The van der Waals surface area contributed by atoms with Gasteiger partial charge in [0.15, 0.2) is 5.78 Å². The summed E-state index contributed by atoms with van der Waals surface area (Å²) in [5.74, 6) is -0.872. The number of piperidine rings is 1. The fraction of sp³-hybridized carbons (Fsp3) is 0.367. The van der Waals surface area contributed by atoms with E-state index >= 15 is 0 Å². The molecular weight excluding hydrogens is 471 g/mol. The molecular formula is C30H32FN2O4. The topological polar surface area (TPSA) is 93.0 Å². The number of benzene rings is 3. The summed E-state index contributed by atoms with van der Waals surface area (Å²) in [6, 6.07) is 14.3. The van der Waals surface area contributed by atoms with E-state index in [9.17, 15) is 24.5 Å². The number of rotatable bonds is 7. The normalized spacial score (nSPS) is 18.5. The number of β-amino-alcohol motifs (C(OH)–C–C–N with tert-alkyl or cyclic N) is 1. The largest absolute Gasteiger partial charge is 0.508 e. The molecule has 3 aromatic carbocycles. The first-order valence-electron chi connectivity index (χ1n) is 12.8. The maximum absolute atomic E-state index is 14.8. The highest BCUT2D eigenvalue weighted by Crippen LogP contribution is 2.46. The summed E-state index contributed by atoms with van der Waals surface area (Å²) in [7, 11) is 0. The molecule has 0 unspecified atom stereocenters. The molecule has 1 radical (unpaired) electrons. The predicted molar refractivity (Wildman–Crippen MR) is 140 cm³/mol. The average Bonchev–Trinajstić information content (AvgIpc) is 2.88. The fourth-order valence-corrected chi connectivity index (χ4v) is 5.60. The van der Waals surface area contributed by atoms with Crippen LogP contribution < -0.4 is 5.32 Å². The van der Waals surface area contributed by atoms with Crippen molar-refractivity contribution in [1.29, 1.82) is 0 Å². The number of hydrogen-bond acceptors (Lipinski definition) is 6. The van der Waals surface area contributed by atoms with Crippen LogP contribution in [0.25, 0.3) is 11.1 Å². The first kappa shape index (κ1) is 25.4. The lowest BCUT2D eigenvalue weighted by Crippen LogP contribution is -2.46. The van der Waals surface area contributed by atoms with E-state index in [0.717, 1.165) is 19.4 Å². The van der Waals surface area contributed by atoms with Crippen LogP contribution in [-0.4, -0.2) is 65.3 Å². The quantitative estimate of drug-likeness (QED) is 0.363. The van der Waals surface area contributed by atoms with E-state index in [1.54, 1.807) is 31.2 Å². The van der Waals surface area contributed by atoms with Gasteiger partial charge >= 0.3 is 0 Å². The Hall–Kier alpha value is -3.26. The van der Waals surface area contributed by atoms with Gasteiger partial charge in [0.2, 0.25) is 0 Å². The molecule has 7 heteroatoms. The summed E-state index contributed by atoms with van der Waals surface area (Å²) in [6.45, 7) is 5.13. The lowest BCUT2D eigenvalue weighted by molar-refractivity contribution is 0.102. The summed E-state index contributed by atoms with van der Waals surface area (Å²) < 4.78 is 14.8. The van der Waals surface area contributed by atoms with Gasteiger partial charge in [-0.3, -0.25) is 9.69 Å². The SMILES string of the molecule is Cc1c(F)cccc1-c1c(O)c([C@@H]2CCCNC2)[c]c(C2CN(CCO)C2)c1C(=O)c1cccc(O)c1. The van der Waals surface area contributed by atoms with Gasteiger partial charge in [-0.15, -0.1) is 0 Å². The van der Waals surface area contributed by atoms with Crippen molar-refractivity contribution < 1.29 is 24.5 Å². The standard InChI is InChI=1S/C30H32FN2O4/c1-18-23(8-3-9-26(18)31)27-28(29(36)19-5-2-7-22(35)13-19)24(21-16-33(17-21)11-12-34)14-25(30(27)37)20-6-4-10-32-15-20/h2-3,5,7-9,13,20-21,32,34-35,37H,4,6,10-12,15-17H2,1H3/t20-/m1/s1. The highest BCUT2D eigenvalue weighted by atomic mass is 19.1. The minimum Gasteiger partial charge on any atom is -0.508 e. The number of nitrogens with zero attached hydrogens (tertiary/aromatic N) is 1. The lowest BCUT2D eigenvalue weighted by Gasteiger charge is -2.40. The van der Waals surface area contributed by atoms with E-state index in [2.05, 4.69) is 16.3 Å². The van der Waals surface area contributed by atoms with E-state index < -0.39 is 5.82 Å². The number of aliphatic hydroxyl groups is 1. The molecule has 193 valence electrons. The smallest absolute Gasteiger partial charge is 0.194 e. The molecule has 0 aromatic heterocycles. The minimum absolute atomic E-state index is 0.0126. The number of likely N-dealkylation sites (tertiary alicyclic amines) is 1. The number of nitrogens with one attached hydrogen (secondary N) is 1. The van der Waals surface area contributed by atoms with Gasteiger partial charge in [0.05, 0.1) is 6.61 Å². The van der Waals surface area contributed by atoms with Crippen LogP contribution in [0.2, 0.25) is 0 Å². The van der Waals surface area contributed by atoms with Gasteiger partial charge in [-0.05, 0) is 67.3 Å². The molecule has 0 saturated carbocycles. The predicted octanol–water partition coefficient (Wildman–Crippen LogP) is 4.10. The Kier molecular flexibility index (Phi) is 7.29. The van der Waals surface area contributed by atoms with Crippen molar-refractivity contribution in [2.45, 2.75) is 31.6 Å². The van der Waals surface area contributed by atoms with Crippen molar-refractivity contribution in [2.24, 2.45) is 0 Å². The molecule has 0 bridgehead atoms. The molecule has 4 N–H and O–H groups in total. The summed E-state index contributed by atoms with van der Waals surface area (Å²) in [4.78, 5) is 16.2. The number of phenolic OH excluding ortho intramolecular Hbond substituents is 2. The number of carbonyl (C=O) groups is 1. The van der Waals surface area contributed by atoms with Gasteiger partial charge in [-0.25, -0.2) is 4.39 Å². The molecule has 3 aromatic rings. The molecule has 2 aliphatic rings. The average molecular weight is 504 g/mol. The molecule has 6 nitrogen and oxygen atoms in total. The molecule has 2 heterocycles. The van der Waals surface area contributed by atoms with Crippen molar-refractivity contribution in [3.05, 3.63) is 82.2 Å².